The Morgan fingerprint density at radius 2 is 1.80 bits per heavy atom. The van der Waals surface area contributed by atoms with Crippen molar-refractivity contribution < 1.29 is 8.78 Å². The summed E-state index contributed by atoms with van der Waals surface area (Å²) in [6, 6.07) is 0. The number of nitrogens with zero attached hydrogens (tertiary/aromatic N) is 2. The van der Waals surface area contributed by atoms with Gasteiger partial charge in [-0.05, 0) is 57.7 Å². The van der Waals surface area contributed by atoms with E-state index in [1.165, 1.54) is 0 Å². The zero-order chi connectivity index (χ0) is 18.6. The maximum absolute atomic E-state index is 14.2. The number of halogens is 2. The van der Waals surface area contributed by atoms with E-state index in [4.69, 9.17) is 0 Å². The highest BCUT2D eigenvalue weighted by molar-refractivity contribution is 5.21. The number of hydrogen-bond acceptors (Lipinski definition) is 2. The van der Waals surface area contributed by atoms with Crippen LogP contribution < -0.4 is 0 Å². The quantitative estimate of drug-likeness (QED) is 0.739. The smallest absolute Gasteiger partial charge is 0.130 e. The van der Waals surface area contributed by atoms with E-state index < -0.39 is 11.8 Å². The van der Waals surface area contributed by atoms with Gasteiger partial charge in [-0.1, -0.05) is 34.1 Å². The van der Waals surface area contributed by atoms with Crippen LogP contribution in [0.4, 0.5) is 8.78 Å². The molecule has 0 aromatic heterocycles. The second kappa shape index (κ2) is 6.44. The Morgan fingerprint density at radius 1 is 1.12 bits per heavy atom. The van der Waals surface area contributed by atoms with Gasteiger partial charge in [-0.15, -0.1) is 0 Å². The van der Waals surface area contributed by atoms with E-state index in [0.29, 0.717) is 30.8 Å². The summed E-state index contributed by atoms with van der Waals surface area (Å²) in [6.45, 7) is 12.2. The summed E-state index contributed by atoms with van der Waals surface area (Å²) >= 11 is 0. The predicted octanol–water partition coefficient (Wildman–Crippen LogP) is 4.40. The minimum absolute atomic E-state index is 0.0637. The Labute approximate surface area is 153 Å². The Morgan fingerprint density at radius 3 is 2.32 bits per heavy atom. The molecular formula is C21H38F2N2. The van der Waals surface area contributed by atoms with Crippen LogP contribution in [-0.4, -0.2) is 61.9 Å². The van der Waals surface area contributed by atoms with Crippen LogP contribution in [0, 0.1) is 28.6 Å². The zero-order valence-electron chi connectivity index (χ0n) is 17.1. The standard InChI is InChI=1S/C11H20FN.C10H18FN/c1-4-9(2)10-5-6-13(3)8-11(10,12)7-10;1-7(2)10-4-8(10)5-12(3)6-9(10)11/h9H,4-8H2,1-3H3;7-9H,4-6H2,1-3H3. The monoisotopic (exact) mass is 356 g/mol. The van der Waals surface area contributed by atoms with Gasteiger partial charge in [-0.3, -0.25) is 0 Å². The summed E-state index contributed by atoms with van der Waals surface area (Å²) < 4.78 is 28.0. The van der Waals surface area contributed by atoms with Crippen LogP contribution in [0.5, 0.6) is 0 Å². The molecule has 25 heavy (non-hydrogen) atoms. The second-order valence-corrected chi connectivity index (χ2v) is 9.95. The van der Waals surface area contributed by atoms with E-state index in [2.05, 4.69) is 37.5 Å². The van der Waals surface area contributed by atoms with Gasteiger partial charge in [-0.25, -0.2) is 8.78 Å². The molecule has 146 valence electrons. The van der Waals surface area contributed by atoms with Crippen LogP contribution in [0.1, 0.15) is 53.4 Å². The number of fused-ring (bicyclic) bond motifs is 2. The average Bonchev–Trinajstić information content (AvgIpc) is 3.39. The fourth-order valence-corrected chi connectivity index (χ4v) is 6.08. The normalized spacial score (nSPS) is 47.4. The minimum Gasteiger partial charge on any atom is -0.303 e. The Kier molecular flexibility index (Phi) is 5.03. The van der Waals surface area contributed by atoms with Crippen molar-refractivity contribution in [3.05, 3.63) is 0 Å². The van der Waals surface area contributed by atoms with E-state index in [9.17, 15) is 8.78 Å². The van der Waals surface area contributed by atoms with Crippen LogP contribution in [0.2, 0.25) is 0 Å². The van der Waals surface area contributed by atoms with Crippen LogP contribution in [0.15, 0.2) is 0 Å². The zero-order valence-corrected chi connectivity index (χ0v) is 17.1. The molecule has 6 unspecified atom stereocenters. The lowest BCUT2D eigenvalue weighted by Crippen LogP contribution is -2.43. The third-order valence-corrected chi connectivity index (χ3v) is 8.24. The molecule has 0 aromatic rings. The molecule has 6 atom stereocenters. The molecule has 0 N–H and O–H groups in total. The molecule has 4 aliphatic rings. The van der Waals surface area contributed by atoms with Crippen molar-refractivity contribution in [2.75, 3.05) is 40.3 Å². The van der Waals surface area contributed by atoms with Gasteiger partial charge in [0, 0.05) is 30.5 Å². The van der Waals surface area contributed by atoms with Gasteiger partial charge in [-0.2, -0.15) is 0 Å². The van der Waals surface area contributed by atoms with Gasteiger partial charge in [0.15, 0.2) is 0 Å². The van der Waals surface area contributed by atoms with Crippen LogP contribution >= 0.6 is 0 Å². The summed E-state index contributed by atoms with van der Waals surface area (Å²) in [5.74, 6) is 1.73. The van der Waals surface area contributed by atoms with Gasteiger partial charge in [0.25, 0.3) is 0 Å². The Bertz CT molecular complexity index is 498. The van der Waals surface area contributed by atoms with E-state index >= 15 is 0 Å². The second-order valence-electron chi connectivity index (χ2n) is 9.95. The van der Waals surface area contributed by atoms with E-state index in [0.717, 1.165) is 38.8 Å². The van der Waals surface area contributed by atoms with Gasteiger partial charge >= 0.3 is 0 Å². The summed E-state index contributed by atoms with van der Waals surface area (Å²) in [5, 5.41) is 0. The fourth-order valence-electron chi connectivity index (χ4n) is 6.08. The highest BCUT2D eigenvalue weighted by atomic mass is 19.1. The lowest BCUT2D eigenvalue weighted by atomic mass is 9.81. The lowest BCUT2D eigenvalue weighted by Gasteiger charge is -2.34. The number of alkyl halides is 2. The van der Waals surface area contributed by atoms with Crippen molar-refractivity contribution in [2.45, 2.75) is 65.2 Å². The Balaban J connectivity index is 0.000000146. The summed E-state index contributed by atoms with van der Waals surface area (Å²) in [4.78, 5) is 4.26. The van der Waals surface area contributed by atoms with Crippen LogP contribution in [-0.2, 0) is 0 Å². The molecule has 4 heteroatoms. The van der Waals surface area contributed by atoms with E-state index in [1.807, 2.05) is 14.1 Å². The number of likely N-dealkylation sites (tertiary alicyclic amines) is 2. The molecule has 2 heterocycles. The highest BCUT2D eigenvalue weighted by Gasteiger charge is 2.71. The van der Waals surface area contributed by atoms with Crippen LogP contribution in [0.25, 0.3) is 0 Å². The molecule has 4 fully saturated rings. The SMILES string of the molecule is CC(C)C12CC1CN(C)CC2F.CCC(C)C12CCN(C)CC1(F)C2. The molecule has 2 saturated heterocycles. The van der Waals surface area contributed by atoms with Crippen molar-refractivity contribution in [1.29, 1.82) is 0 Å². The van der Waals surface area contributed by atoms with Gasteiger partial charge in [0.2, 0.25) is 0 Å². The van der Waals surface area contributed by atoms with Crippen molar-refractivity contribution >= 4 is 0 Å². The third kappa shape index (κ3) is 3.05. The van der Waals surface area contributed by atoms with Crippen LogP contribution in [0.3, 0.4) is 0 Å². The molecule has 4 rings (SSSR count). The van der Waals surface area contributed by atoms with Crippen molar-refractivity contribution in [1.82, 2.24) is 9.80 Å². The summed E-state index contributed by atoms with van der Waals surface area (Å²) in [7, 11) is 4.05. The fraction of sp³-hybridized carbons (Fsp3) is 1.00. The maximum atomic E-state index is 14.2. The molecule has 2 saturated carbocycles. The third-order valence-electron chi connectivity index (χ3n) is 8.24. The minimum atomic E-state index is -0.838. The number of hydrogen-bond donors (Lipinski definition) is 0. The molecule has 2 aliphatic heterocycles. The average molecular weight is 357 g/mol. The molecule has 0 radical (unpaired) electrons. The first-order valence-corrected chi connectivity index (χ1v) is 10.3. The molecule has 2 aliphatic carbocycles. The Hall–Kier alpha value is -0.220. The van der Waals surface area contributed by atoms with E-state index in [1.54, 1.807) is 0 Å². The lowest BCUT2D eigenvalue weighted by molar-refractivity contribution is 0.0610. The topological polar surface area (TPSA) is 6.48 Å². The van der Waals surface area contributed by atoms with Crippen molar-refractivity contribution in [3.8, 4) is 0 Å². The molecule has 0 spiro atoms. The molecular weight excluding hydrogens is 318 g/mol. The van der Waals surface area contributed by atoms with E-state index in [-0.39, 0.29) is 10.8 Å². The van der Waals surface area contributed by atoms with Crippen molar-refractivity contribution in [3.63, 3.8) is 0 Å². The van der Waals surface area contributed by atoms with Gasteiger partial charge in [0.1, 0.15) is 11.8 Å². The molecule has 2 nitrogen and oxygen atoms in total. The van der Waals surface area contributed by atoms with Crippen molar-refractivity contribution in [2.24, 2.45) is 28.6 Å². The highest BCUT2D eigenvalue weighted by Crippen LogP contribution is 2.68. The van der Waals surface area contributed by atoms with Gasteiger partial charge in [0.05, 0.1) is 0 Å². The molecule has 0 amide bonds. The predicted molar refractivity (Wildman–Crippen MR) is 100 cm³/mol. The number of rotatable bonds is 3. The largest absolute Gasteiger partial charge is 0.303 e. The molecule has 0 bridgehead atoms. The maximum Gasteiger partial charge on any atom is 0.130 e. The first-order chi connectivity index (χ1) is 11.6. The van der Waals surface area contributed by atoms with Gasteiger partial charge < -0.3 is 9.80 Å². The summed E-state index contributed by atoms with van der Waals surface area (Å²) in [6.07, 6.45) is 3.54. The molecule has 0 aromatic carbocycles. The number of piperidine rings is 2. The summed E-state index contributed by atoms with van der Waals surface area (Å²) in [5.41, 5.74) is -0.698. The first-order valence-electron chi connectivity index (χ1n) is 10.3. The first kappa shape index (κ1) is 19.5.